The fraction of sp³-hybridized carbons (Fsp3) is 0.222. The number of rotatable bonds is 6. The Morgan fingerprint density at radius 3 is 2.24 bits per heavy atom. The van der Waals surface area contributed by atoms with Crippen molar-refractivity contribution in [3.63, 3.8) is 0 Å². The van der Waals surface area contributed by atoms with Gasteiger partial charge in [0.1, 0.15) is 6.04 Å². The Morgan fingerprint density at radius 2 is 1.68 bits per heavy atom. The van der Waals surface area contributed by atoms with Crippen molar-refractivity contribution in [1.82, 2.24) is 5.32 Å². The van der Waals surface area contributed by atoms with Crippen LogP contribution in [0.25, 0.3) is 0 Å². The number of carbonyl (C=O) groups excluding carboxylic acids is 2. The summed E-state index contributed by atoms with van der Waals surface area (Å²) in [6, 6.07) is 10.2. The number of amides is 1. The highest BCUT2D eigenvalue weighted by Gasteiger charge is 2.24. The van der Waals surface area contributed by atoms with Crippen molar-refractivity contribution >= 4 is 11.9 Å². The third-order valence-electron chi connectivity index (χ3n) is 3.49. The lowest BCUT2D eigenvalue weighted by Gasteiger charge is -2.18. The largest absolute Gasteiger partial charge is 0.504 e. The van der Waals surface area contributed by atoms with Crippen LogP contribution in [0.1, 0.15) is 22.8 Å². The van der Waals surface area contributed by atoms with Crippen LogP contribution in [-0.4, -0.2) is 39.8 Å². The predicted molar refractivity (Wildman–Crippen MR) is 89.5 cm³/mol. The van der Waals surface area contributed by atoms with E-state index < -0.39 is 35.2 Å². The molecule has 0 heterocycles. The lowest BCUT2D eigenvalue weighted by atomic mass is 10.1. The van der Waals surface area contributed by atoms with Crippen molar-refractivity contribution in [3.8, 4) is 17.2 Å². The first-order chi connectivity index (χ1) is 11.9. The van der Waals surface area contributed by atoms with E-state index in [9.17, 15) is 24.9 Å². The van der Waals surface area contributed by atoms with Crippen LogP contribution in [0.3, 0.4) is 0 Å². The van der Waals surface area contributed by atoms with Gasteiger partial charge in [0.15, 0.2) is 17.2 Å². The van der Waals surface area contributed by atoms with E-state index in [2.05, 4.69) is 5.32 Å². The fourth-order valence-corrected chi connectivity index (χ4v) is 2.26. The van der Waals surface area contributed by atoms with Crippen LogP contribution in [0, 0.1) is 0 Å². The average molecular weight is 345 g/mol. The second-order valence-corrected chi connectivity index (χ2v) is 5.33. The second-order valence-electron chi connectivity index (χ2n) is 5.33. The summed E-state index contributed by atoms with van der Waals surface area (Å²) < 4.78 is 4.99. The van der Waals surface area contributed by atoms with Crippen molar-refractivity contribution in [2.24, 2.45) is 0 Å². The molecule has 0 aliphatic rings. The van der Waals surface area contributed by atoms with Gasteiger partial charge in [-0.3, -0.25) is 4.79 Å². The summed E-state index contributed by atoms with van der Waals surface area (Å²) in [5.41, 5.74) is 0.729. The number of ether oxygens (including phenoxy) is 1. The Bertz CT molecular complexity index is 736. The van der Waals surface area contributed by atoms with Gasteiger partial charge in [0, 0.05) is 12.0 Å². The molecule has 0 spiro atoms. The Hall–Kier alpha value is -3.22. The van der Waals surface area contributed by atoms with Crippen LogP contribution < -0.4 is 5.32 Å². The summed E-state index contributed by atoms with van der Waals surface area (Å²) in [5, 5.41) is 30.9. The zero-order valence-corrected chi connectivity index (χ0v) is 13.6. The number of nitrogens with one attached hydrogen (secondary N) is 1. The fourth-order valence-electron chi connectivity index (χ4n) is 2.26. The normalized spacial score (nSPS) is 11.6. The molecular formula is C18H19NO6. The minimum Gasteiger partial charge on any atom is -0.504 e. The van der Waals surface area contributed by atoms with Crippen LogP contribution in [0.5, 0.6) is 17.2 Å². The van der Waals surface area contributed by atoms with Gasteiger partial charge in [0.05, 0.1) is 6.61 Å². The number of carbonyl (C=O) groups is 2. The number of phenolic OH excluding ortho intramolecular Hbond substituents is 3. The molecule has 7 nitrogen and oxygen atoms in total. The third kappa shape index (κ3) is 4.63. The molecule has 2 rings (SSSR count). The lowest BCUT2D eigenvalue weighted by molar-refractivity contribution is -0.145. The number of benzene rings is 2. The van der Waals surface area contributed by atoms with E-state index >= 15 is 0 Å². The molecule has 0 bridgehead atoms. The molecule has 0 aliphatic carbocycles. The monoisotopic (exact) mass is 345 g/mol. The summed E-state index contributed by atoms with van der Waals surface area (Å²) in [6.45, 7) is 1.83. The van der Waals surface area contributed by atoms with E-state index in [1.54, 1.807) is 6.92 Å². The Kier molecular flexibility index (Phi) is 5.84. The maximum absolute atomic E-state index is 12.3. The van der Waals surface area contributed by atoms with Crippen molar-refractivity contribution in [3.05, 3.63) is 53.6 Å². The molecule has 1 amide bonds. The van der Waals surface area contributed by atoms with Gasteiger partial charge >= 0.3 is 5.97 Å². The highest BCUT2D eigenvalue weighted by Crippen LogP contribution is 2.35. The molecule has 0 aromatic heterocycles. The molecule has 0 unspecified atom stereocenters. The minimum absolute atomic E-state index is 0.102. The van der Waals surface area contributed by atoms with Gasteiger partial charge in [-0.2, -0.15) is 0 Å². The topological polar surface area (TPSA) is 116 Å². The zero-order chi connectivity index (χ0) is 18.4. The Labute approximate surface area is 144 Å². The van der Waals surface area contributed by atoms with Gasteiger partial charge < -0.3 is 25.4 Å². The van der Waals surface area contributed by atoms with E-state index in [1.807, 2.05) is 30.3 Å². The van der Waals surface area contributed by atoms with Crippen molar-refractivity contribution in [1.29, 1.82) is 0 Å². The Balaban J connectivity index is 2.20. The van der Waals surface area contributed by atoms with E-state index in [4.69, 9.17) is 4.74 Å². The molecular weight excluding hydrogens is 326 g/mol. The number of hydrogen-bond donors (Lipinski definition) is 4. The molecule has 2 aromatic carbocycles. The molecule has 2 aromatic rings. The van der Waals surface area contributed by atoms with Gasteiger partial charge in [0.2, 0.25) is 0 Å². The quantitative estimate of drug-likeness (QED) is 0.468. The number of phenols is 3. The molecule has 0 saturated heterocycles. The highest BCUT2D eigenvalue weighted by atomic mass is 16.5. The first-order valence-corrected chi connectivity index (χ1v) is 7.68. The number of aromatic hydroxyl groups is 3. The Morgan fingerprint density at radius 1 is 1.08 bits per heavy atom. The van der Waals surface area contributed by atoms with E-state index in [-0.39, 0.29) is 18.6 Å². The van der Waals surface area contributed by atoms with E-state index in [0.717, 1.165) is 17.7 Å². The lowest BCUT2D eigenvalue weighted by Crippen LogP contribution is -2.43. The van der Waals surface area contributed by atoms with Crippen LogP contribution in [0.4, 0.5) is 0 Å². The summed E-state index contributed by atoms with van der Waals surface area (Å²) in [7, 11) is 0. The van der Waals surface area contributed by atoms with Crippen LogP contribution in [0.2, 0.25) is 0 Å². The van der Waals surface area contributed by atoms with Gasteiger partial charge in [-0.25, -0.2) is 4.79 Å². The molecule has 4 N–H and O–H groups in total. The average Bonchev–Trinajstić information content (AvgIpc) is 2.59. The highest BCUT2D eigenvalue weighted by molar-refractivity contribution is 5.98. The maximum Gasteiger partial charge on any atom is 0.328 e. The van der Waals surface area contributed by atoms with Crippen LogP contribution >= 0.6 is 0 Å². The van der Waals surface area contributed by atoms with Crippen LogP contribution in [-0.2, 0) is 16.0 Å². The zero-order valence-electron chi connectivity index (χ0n) is 13.6. The standard InChI is InChI=1S/C18H19NO6/c1-2-25-18(24)13(8-11-6-4-3-5-7-11)19-17(23)12-9-14(20)16(22)15(21)10-12/h3-7,9-10,13,20-22H,2,8H2,1H3,(H,19,23)/t13-/m0/s1. The van der Waals surface area contributed by atoms with Gasteiger partial charge in [0.25, 0.3) is 5.91 Å². The molecule has 0 fully saturated rings. The maximum atomic E-state index is 12.3. The predicted octanol–water partition coefficient (Wildman–Crippen LogP) is 1.71. The van der Waals surface area contributed by atoms with Crippen LogP contribution in [0.15, 0.2) is 42.5 Å². The summed E-state index contributed by atoms with van der Waals surface area (Å²) in [4.78, 5) is 24.5. The van der Waals surface area contributed by atoms with Gasteiger partial charge in [-0.1, -0.05) is 30.3 Å². The summed E-state index contributed by atoms with van der Waals surface area (Å²) in [5.74, 6) is -3.28. The first kappa shape index (κ1) is 18.1. The third-order valence-corrected chi connectivity index (χ3v) is 3.49. The van der Waals surface area contributed by atoms with E-state index in [0.29, 0.717) is 0 Å². The second kappa shape index (κ2) is 8.05. The SMILES string of the molecule is CCOC(=O)[C@H](Cc1ccccc1)NC(=O)c1cc(O)c(O)c(O)c1. The summed E-state index contributed by atoms with van der Waals surface area (Å²) >= 11 is 0. The minimum atomic E-state index is -0.937. The van der Waals surface area contributed by atoms with Gasteiger partial charge in [-0.15, -0.1) is 0 Å². The van der Waals surface area contributed by atoms with E-state index in [1.165, 1.54) is 0 Å². The van der Waals surface area contributed by atoms with Crippen molar-refractivity contribution in [2.45, 2.75) is 19.4 Å². The molecule has 0 saturated carbocycles. The number of esters is 1. The number of hydrogen-bond acceptors (Lipinski definition) is 6. The smallest absolute Gasteiger partial charge is 0.328 e. The molecule has 0 aliphatic heterocycles. The molecule has 25 heavy (non-hydrogen) atoms. The molecule has 7 heteroatoms. The molecule has 132 valence electrons. The first-order valence-electron chi connectivity index (χ1n) is 7.68. The van der Waals surface area contributed by atoms with Crippen molar-refractivity contribution in [2.75, 3.05) is 6.61 Å². The molecule has 0 radical (unpaired) electrons. The molecule has 1 atom stereocenters. The van der Waals surface area contributed by atoms with Gasteiger partial charge in [-0.05, 0) is 24.6 Å². The summed E-state index contributed by atoms with van der Waals surface area (Å²) in [6.07, 6.45) is 0.224. The van der Waals surface area contributed by atoms with Crippen molar-refractivity contribution < 1.29 is 29.6 Å².